The molecule has 13 nitrogen and oxygen atoms in total. The number of nitrogens with zero attached hydrogens (tertiary/aromatic N) is 2. The second-order valence-corrected chi connectivity index (χ2v) is 15.8. The van der Waals surface area contributed by atoms with Crippen LogP contribution in [0.2, 0.25) is 0 Å². The zero-order valence-electron chi connectivity index (χ0n) is 29.5. The fourth-order valence-electron chi connectivity index (χ4n) is 4.98. The molecule has 0 bridgehead atoms. The number of carbonyl (C=O) groups is 2. The molecule has 16 heteroatoms. The predicted octanol–water partition coefficient (Wildman–Crippen LogP) is 4.40. The molecule has 1 aromatic rings. The zero-order valence-corrected chi connectivity index (χ0v) is 32.0. The van der Waals surface area contributed by atoms with Crippen LogP contribution in [-0.4, -0.2) is 88.6 Å². The molecule has 1 saturated heterocycles. The predicted molar refractivity (Wildman–Crippen MR) is 196 cm³/mol. The van der Waals surface area contributed by atoms with Crippen LogP contribution in [-0.2, 0) is 37.6 Å². The molecule has 2 unspecified atom stereocenters. The minimum Gasteiger partial charge on any atom is -0.452 e. The van der Waals surface area contributed by atoms with Crippen LogP contribution >= 0.6 is 30.1 Å². The molecule has 0 radical (unpaired) electrons. The van der Waals surface area contributed by atoms with Gasteiger partial charge in [0.05, 0.1) is 25.4 Å². The third-order valence-corrected chi connectivity index (χ3v) is 11.7. The molecule has 2 heterocycles. The number of rotatable bonds is 22. The first-order valence-corrected chi connectivity index (χ1v) is 19.8. The van der Waals surface area contributed by atoms with Crippen molar-refractivity contribution >= 4 is 42.1 Å². The van der Waals surface area contributed by atoms with E-state index < -0.39 is 82.0 Å². The summed E-state index contributed by atoms with van der Waals surface area (Å²) in [5.41, 5.74) is -2.83. The molecule has 0 aliphatic carbocycles. The largest absolute Gasteiger partial charge is 0.452 e. The smallest absolute Gasteiger partial charge is 0.330 e. The summed E-state index contributed by atoms with van der Waals surface area (Å²) in [6.45, 7) is 9.58. The van der Waals surface area contributed by atoms with Crippen molar-refractivity contribution in [1.29, 1.82) is 0 Å². The summed E-state index contributed by atoms with van der Waals surface area (Å²) in [4.78, 5) is 54.3. The van der Waals surface area contributed by atoms with Gasteiger partial charge in [-0.2, -0.15) is 0 Å². The molecule has 2 rings (SSSR count). The van der Waals surface area contributed by atoms with Crippen LogP contribution in [0.4, 0.5) is 0 Å². The number of carbonyl (C=O) groups excluding carboxylic acids is 2. The monoisotopic (exact) mass is 753 g/mol. The number of hydrogen-bond acceptors (Lipinski definition) is 13. The van der Waals surface area contributed by atoms with Crippen molar-refractivity contribution < 1.29 is 37.6 Å². The number of hydrogen-bond donors (Lipinski definition) is 1. The van der Waals surface area contributed by atoms with Gasteiger partial charge in [-0.1, -0.05) is 40.4 Å². The Bertz CT molecular complexity index is 1460. The summed E-state index contributed by atoms with van der Waals surface area (Å²) in [7, 11) is 0.946. The highest BCUT2D eigenvalue weighted by Gasteiger charge is 2.52. The Labute approximate surface area is 303 Å². The van der Waals surface area contributed by atoms with Crippen LogP contribution in [0.25, 0.3) is 0 Å². The maximum atomic E-state index is 13.7. The van der Waals surface area contributed by atoms with E-state index in [1.165, 1.54) is 21.6 Å². The maximum absolute atomic E-state index is 13.7. The number of nitrogens with one attached hydrogen (secondary N) is 1. The molecule has 50 heavy (non-hydrogen) atoms. The van der Waals surface area contributed by atoms with Gasteiger partial charge in [0, 0.05) is 42.4 Å². The van der Waals surface area contributed by atoms with Crippen LogP contribution in [0.15, 0.2) is 15.8 Å². The Morgan fingerprint density at radius 1 is 1.08 bits per heavy atom. The lowest BCUT2D eigenvalue weighted by Gasteiger charge is -2.39. The van der Waals surface area contributed by atoms with E-state index >= 15 is 0 Å². The molecule has 1 aliphatic heterocycles. The summed E-state index contributed by atoms with van der Waals surface area (Å²) in [6, 6.07) is -0.196. The van der Waals surface area contributed by atoms with E-state index in [1.54, 1.807) is 17.7 Å². The van der Waals surface area contributed by atoms with Crippen LogP contribution in [0.3, 0.4) is 0 Å². The van der Waals surface area contributed by atoms with Crippen LogP contribution in [0.1, 0.15) is 72.1 Å². The van der Waals surface area contributed by atoms with Gasteiger partial charge in [-0.15, -0.1) is 25.2 Å². The van der Waals surface area contributed by atoms with Crippen molar-refractivity contribution in [1.82, 2.24) is 14.2 Å². The Balaban J connectivity index is 2.44. The highest BCUT2D eigenvalue weighted by Crippen LogP contribution is 2.51. The molecule has 0 aromatic carbocycles. The first-order chi connectivity index (χ1) is 23.9. The summed E-state index contributed by atoms with van der Waals surface area (Å²) < 4.78 is 39.1. The minimum atomic E-state index is -2.11. The van der Waals surface area contributed by atoms with Gasteiger partial charge in [-0.3, -0.25) is 23.9 Å². The summed E-state index contributed by atoms with van der Waals surface area (Å²) >= 11 is 0. The van der Waals surface area contributed by atoms with E-state index in [0.717, 1.165) is 12.2 Å². The van der Waals surface area contributed by atoms with E-state index in [-0.39, 0.29) is 24.4 Å². The van der Waals surface area contributed by atoms with Crippen molar-refractivity contribution in [3.8, 4) is 37.0 Å². The molecular weight excluding hydrogens is 705 g/mol. The second kappa shape index (κ2) is 22.2. The Morgan fingerprint density at radius 2 is 1.72 bits per heavy atom. The molecule has 0 spiro atoms. The van der Waals surface area contributed by atoms with E-state index in [1.807, 2.05) is 39.3 Å². The molecule has 0 saturated carbocycles. The Hall–Kier alpha value is -2.77. The number of H-pyrrole nitrogens is 1. The number of aromatic amines is 1. The third-order valence-electron chi connectivity index (χ3n) is 7.40. The average Bonchev–Trinajstić information content (AvgIpc) is 3.48. The standard InChI is InChI=1S/C34H48N3O10PS2/c1-10-14-15-18-49-50-23-42-21-34(31(39)43-16-11-2,32(40)44-17-12-3)22-45-48(37(24(5)6)25(7)8)47-28-19-29(46-27(28)13-4)36-20-26(9)30(38)35-33(36)41/h1-3,20,24-25,27-29H,13-19,21-23H2,4-9H3,(H,35,38,41)/t27-,28?,29-,48?/m1/s1. The van der Waals surface area contributed by atoms with Gasteiger partial charge < -0.3 is 28.0 Å². The van der Waals surface area contributed by atoms with E-state index in [0.29, 0.717) is 18.4 Å². The fourth-order valence-corrected chi connectivity index (χ4v) is 8.53. The van der Waals surface area contributed by atoms with Gasteiger partial charge in [0.2, 0.25) is 5.41 Å². The van der Waals surface area contributed by atoms with Gasteiger partial charge in [0.25, 0.3) is 14.1 Å². The molecule has 1 aromatic heterocycles. The van der Waals surface area contributed by atoms with Crippen LogP contribution in [0.5, 0.6) is 0 Å². The van der Waals surface area contributed by atoms with Gasteiger partial charge in [0.1, 0.15) is 12.2 Å². The Morgan fingerprint density at radius 3 is 2.28 bits per heavy atom. The van der Waals surface area contributed by atoms with E-state index in [2.05, 4.69) is 22.7 Å². The molecule has 1 fully saturated rings. The molecule has 4 atom stereocenters. The highest BCUT2D eigenvalue weighted by molar-refractivity contribution is 8.76. The fraction of sp³-hybridized carbons (Fsp3) is 0.647. The minimum absolute atomic E-state index is 0.0981. The average molecular weight is 754 g/mol. The SMILES string of the molecule is C#CCCCSSCOCC(COP(OC1C[C@H](n2cc(C)c(=O)[nH]c2=O)O[C@@H]1CC)N(C(C)C)C(C)C)(C(=O)OCC#C)C(=O)OCC#C. The van der Waals surface area contributed by atoms with Gasteiger partial charge in [-0.25, -0.2) is 9.46 Å². The summed E-state index contributed by atoms with van der Waals surface area (Å²) in [5.74, 6) is 6.00. The molecule has 276 valence electrons. The second-order valence-electron chi connectivity index (χ2n) is 11.8. The summed E-state index contributed by atoms with van der Waals surface area (Å²) in [6.07, 6.45) is 18.1. The van der Waals surface area contributed by atoms with Crippen molar-refractivity contribution in [2.75, 3.05) is 38.1 Å². The van der Waals surface area contributed by atoms with E-state index in [4.69, 9.17) is 47.3 Å². The number of terminal acetylenes is 3. The van der Waals surface area contributed by atoms with Gasteiger partial charge in [-0.05, 0) is 47.5 Å². The molecule has 1 aliphatic rings. The molecule has 0 amide bonds. The quantitative estimate of drug-likeness (QED) is 0.0340. The van der Waals surface area contributed by atoms with E-state index in [9.17, 15) is 19.2 Å². The number of unbranched alkanes of at least 4 members (excludes halogenated alkanes) is 1. The molecule has 1 N–H and O–H groups in total. The van der Waals surface area contributed by atoms with Crippen LogP contribution < -0.4 is 11.2 Å². The lowest BCUT2D eigenvalue weighted by atomic mass is 9.90. The Kier molecular flexibility index (Phi) is 19.3. The van der Waals surface area contributed by atoms with Crippen LogP contribution in [0, 0.1) is 49.4 Å². The van der Waals surface area contributed by atoms with Crippen molar-refractivity contribution in [3.05, 3.63) is 32.6 Å². The molecular formula is C34H48N3O10PS2. The topological polar surface area (TPSA) is 148 Å². The lowest BCUT2D eigenvalue weighted by Crippen LogP contribution is -2.49. The van der Waals surface area contributed by atoms with Crippen molar-refractivity contribution in [2.45, 2.75) is 97.7 Å². The van der Waals surface area contributed by atoms with Gasteiger partial charge >= 0.3 is 17.6 Å². The van der Waals surface area contributed by atoms with Gasteiger partial charge in [0.15, 0.2) is 13.2 Å². The number of ether oxygens (including phenoxy) is 4. The number of esters is 2. The maximum Gasteiger partial charge on any atom is 0.330 e. The first kappa shape index (κ1) is 43.4. The highest BCUT2D eigenvalue weighted by atomic mass is 33.1. The third kappa shape index (κ3) is 12.5. The summed E-state index contributed by atoms with van der Waals surface area (Å²) in [5, 5.41) is 0. The van der Waals surface area contributed by atoms with Crippen molar-refractivity contribution in [2.24, 2.45) is 5.41 Å². The normalized spacial score (nSPS) is 18.1. The zero-order chi connectivity index (χ0) is 37.3. The number of aromatic nitrogens is 2. The van der Waals surface area contributed by atoms with Crippen molar-refractivity contribution in [3.63, 3.8) is 0 Å². The first-order valence-electron chi connectivity index (χ1n) is 16.2. The lowest BCUT2D eigenvalue weighted by molar-refractivity contribution is -0.178. The number of aryl methyl sites for hydroxylation is 1.